The van der Waals surface area contributed by atoms with Crippen LogP contribution in [0.1, 0.15) is 54.4 Å². The highest BCUT2D eigenvalue weighted by Gasteiger charge is 2.66. The van der Waals surface area contributed by atoms with E-state index in [1.807, 2.05) is 20.8 Å². The van der Waals surface area contributed by atoms with Gasteiger partial charge in [-0.05, 0) is 51.0 Å². The molecule has 0 amide bonds. The Hall–Kier alpha value is -2.19. The van der Waals surface area contributed by atoms with Crippen LogP contribution in [0.25, 0.3) is 0 Å². The van der Waals surface area contributed by atoms with Crippen molar-refractivity contribution in [3.05, 3.63) is 23.8 Å². The molecule has 3 fully saturated rings. The minimum Gasteiger partial charge on any atom is -0.462 e. The maximum absolute atomic E-state index is 12.5. The zero-order valence-corrected chi connectivity index (χ0v) is 20.3. The van der Waals surface area contributed by atoms with E-state index in [2.05, 4.69) is 6.58 Å². The minimum atomic E-state index is -1.06. The van der Waals surface area contributed by atoms with E-state index in [1.165, 1.54) is 19.9 Å². The van der Waals surface area contributed by atoms with Crippen LogP contribution in [-0.4, -0.2) is 59.6 Å². The second kappa shape index (κ2) is 9.58. The van der Waals surface area contributed by atoms with Gasteiger partial charge in [0, 0.05) is 31.8 Å². The largest absolute Gasteiger partial charge is 0.462 e. The monoisotopic (exact) mass is 464 g/mol. The van der Waals surface area contributed by atoms with Gasteiger partial charge < -0.3 is 24.1 Å². The number of aliphatic hydroxyl groups is 1. The number of hydrogen-bond donors (Lipinski definition) is 1. The number of esters is 3. The Morgan fingerprint density at radius 2 is 1.88 bits per heavy atom. The van der Waals surface area contributed by atoms with Gasteiger partial charge in [-0.2, -0.15) is 0 Å². The average molecular weight is 465 g/mol. The molecule has 8 heteroatoms. The third kappa shape index (κ3) is 5.17. The Kier molecular flexibility index (Phi) is 7.39. The van der Waals surface area contributed by atoms with E-state index < -0.39 is 53.8 Å². The van der Waals surface area contributed by atoms with Crippen molar-refractivity contribution in [2.24, 2.45) is 23.7 Å². The van der Waals surface area contributed by atoms with Crippen molar-refractivity contribution >= 4 is 17.9 Å². The molecule has 9 atom stereocenters. The minimum absolute atomic E-state index is 0.208. The van der Waals surface area contributed by atoms with E-state index in [0.29, 0.717) is 25.0 Å². The third-order valence-corrected chi connectivity index (χ3v) is 7.44. The lowest BCUT2D eigenvalue weighted by Gasteiger charge is -2.47. The maximum atomic E-state index is 12.5. The topological polar surface area (TPSA) is 112 Å². The molecule has 3 rings (SSSR count). The Morgan fingerprint density at radius 1 is 1.24 bits per heavy atom. The van der Waals surface area contributed by atoms with Crippen molar-refractivity contribution in [2.45, 2.75) is 84.4 Å². The van der Waals surface area contributed by atoms with Crippen LogP contribution in [0.4, 0.5) is 0 Å². The van der Waals surface area contributed by atoms with Crippen LogP contribution in [0.5, 0.6) is 0 Å². The van der Waals surface area contributed by atoms with Crippen molar-refractivity contribution in [3.8, 4) is 0 Å². The summed E-state index contributed by atoms with van der Waals surface area (Å²) in [5, 5.41) is 11.5. The fourth-order valence-corrected chi connectivity index (χ4v) is 5.79. The van der Waals surface area contributed by atoms with Crippen molar-refractivity contribution in [1.29, 1.82) is 0 Å². The molecule has 0 aromatic heterocycles. The summed E-state index contributed by atoms with van der Waals surface area (Å²) in [6.45, 7) is 14.8. The van der Waals surface area contributed by atoms with Gasteiger partial charge in [-0.1, -0.05) is 19.1 Å². The molecular formula is C25H36O8. The van der Waals surface area contributed by atoms with Crippen LogP contribution in [0, 0.1) is 23.7 Å². The number of carbonyl (C=O) groups is 3. The molecule has 2 aliphatic carbocycles. The number of carbonyl (C=O) groups excluding carboxylic acids is 3. The van der Waals surface area contributed by atoms with Crippen LogP contribution < -0.4 is 0 Å². The molecule has 3 aliphatic rings. The van der Waals surface area contributed by atoms with E-state index in [0.717, 1.165) is 5.57 Å². The predicted octanol–water partition coefficient (Wildman–Crippen LogP) is 2.73. The third-order valence-electron chi connectivity index (χ3n) is 7.44. The molecule has 1 heterocycles. The van der Waals surface area contributed by atoms with E-state index in [-0.39, 0.29) is 17.8 Å². The summed E-state index contributed by atoms with van der Waals surface area (Å²) in [7, 11) is 0. The first-order valence-electron chi connectivity index (χ1n) is 11.6. The smallest absolute Gasteiger partial charge is 0.331 e. The molecule has 0 bridgehead atoms. The highest BCUT2D eigenvalue weighted by atomic mass is 16.6. The zero-order chi connectivity index (χ0) is 24.7. The summed E-state index contributed by atoms with van der Waals surface area (Å²) < 4.78 is 22.6. The number of ether oxygens (including phenoxy) is 4. The second-order valence-corrected chi connectivity index (χ2v) is 9.85. The van der Waals surface area contributed by atoms with Gasteiger partial charge >= 0.3 is 17.9 Å². The Balaban J connectivity index is 1.98. The number of hydrogen-bond acceptors (Lipinski definition) is 8. The first kappa shape index (κ1) is 25.4. The normalized spacial score (nSPS) is 38.8. The van der Waals surface area contributed by atoms with Gasteiger partial charge in [0.05, 0.1) is 12.2 Å². The molecule has 0 aromatic carbocycles. The fraction of sp³-hybridized carbons (Fsp3) is 0.720. The van der Waals surface area contributed by atoms with E-state index in [1.54, 1.807) is 6.92 Å². The summed E-state index contributed by atoms with van der Waals surface area (Å²) in [5.41, 5.74) is 0.829. The van der Waals surface area contributed by atoms with Crippen molar-refractivity contribution in [2.75, 3.05) is 6.61 Å². The van der Waals surface area contributed by atoms with Crippen molar-refractivity contribution < 1.29 is 38.4 Å². The maximum Gasteiger partial charge on any atom is 0.331 e. The number of rotatable bonds is 7. The molecule has 33 heavy (non-hydrogen) atoms. The highest BCUT2D eigenvalue weighted by Crippen LogP contribution is 2.59. The van der Waals surface area contributed by atoms with Crippen LogP contribution >= 0.6 is 0 Å². The molecule has 0 spiro atoms. The standard InChI is InChI=1S/C25H36O8/c1-8-12(2)9-19(28)33-24-13(3)17-10-18(32-16(6)27)20(14(4)31-15(5)26)21(17)22(23(24)29)25(7)11-30-25/h9,14,17-18,20-24,29H,3,8,10-11H2,1-2,4-7H3/b12-9+/t14-,17+,18+,20-,21+,22+,23-,24+,25-/m1/s1. The molecule has 0 radical (unpaired) electrons. The fourth-order valence-electron chi connectivity index (χ4n) is 5.79. The summed E-state index contributed by atoms with van der Waals surface area (Å²) in [6, 6.07) is 0. The van der Waals surface area contributed by atoms with Gasteiger partial charge in [0.15, 0.2) is 0 Å². The number of fused-ring (bicyclic) bond motifs is 1. The Bertz CT molecular complexity index is 841. The van der Waals surface area contributed by atoms with Gasteiger partial charge in [-0.3, -0.25) is 9.59 Å². The zero-order valence-electron chi connectivity index (χ0n) is 20.3. The Labute approximate surface area is 195 Å². The molecule has 0 unspecified atom stereocenters. The van der Waals surface area contributed by atoms with Gasteiger partial charge in [-0.25, -0.2) is 4.79 Å². The van der Waals surface area contributed by atoms with Gasteiger partial charge in [0.1, 0.15) is 24.4 Å². The first-order chi connectivity index (χ1) is 15.4. The summed E-state index contributed by atoms with van der Waals surface area (Å²) in [5.74, 6) is -2.62. The lowest BCUT2D eigenvalue weighted by molar-refractivity contribution is -0.166. The molecule has 0 aromatic rings. The van der Waals surface area contributed by atoms with Gasteiger partial charge in [0.2, 0.25) is 0 Å². The number of epoxide rings is 1. The van der Waals surface area contributed by atoms with Gasteiger partial charge in [-0.15, -0.1) is 0 Å². The average Bonchev–Trinajstić information content (AvgIpc) is 3.33. The van der Waals surface area contributed by atoms with Crippen LogP contribution in [0.2, 0.25) is 0 Å². The molecule has 184 valence electrons. The molecule has 1 N–H and O–H groups in total. The van der Waals surface area contributed by atoms with Crippen LogP contribution in [0.3, 0.4) is 0 Å². The van der Waals surface area contributed by atoms with Crippen LogP contribution in [-0.2, 0) is 33.3 Å². The lowest BCUT2D eigenvalue weighted by atomic mass is 9.61. The molecule has 1 aliphatic heterocycles. The van der Waals surface area contributed by atoms with E-state index in [9.17, 15) is 19.5 Å². The number of aliphatic hydroxyl groups excluding tert-OH is 1. The quantitative estimate of drug-likeness (QED) is 0.201. The summed E-state index contributed by atoms with van der Waals surface area (Å²) >= 11 is 0. The number of allylic oxidation sites excluding steroid dienone is 1. The summed E-state index contributed by atoms with van der Waals surface area (Å²) in [4.78, 5) is 36.1. The van der Waals surface area contributed by atoms with Crippen LogP contribution in [0.15, 0.2) is 23.8 Å². The molecule has 2 saturated carbocycles. The lowest BCUT2D eigenvalue weighted by Crippen LogP contribution is -2.55. The highest BCUT2D eigenvalue weighted by molar-refractivity contribution is 5.83. The van der Waals surface area contributed by atoms with Gasteiger partial charge in [0.25, 0.3) is 0 Å². The molecule has 8 nitrogen and oxygen atoms in total. The van der Waals surface area contributed by atoms with E-state index >= 15 is 0 Å². The van der Waals surface area contributed by atoms with Crippen molar-refractivity contribution in [3.63, 3.8) is 0 Å². The SMILES string of the molecule is C=C1[C@@H]2C[C@H](OC(C)=O)[C@@H]([C@@H](C)OC(C)=O)[C@H]2[C@H]([C@@]2(C)CO2)[C@@H](O)[C@H]1OC(=O)/C=C(\C)CC. The summed E-state index contributed by atoms with van der Waals surface area (Å²) in [6.07, 6.45) is -0.477. The second-order valence-electron chi connectivity index (χ2n) is 9.85. The Morgan fingerprint density at radius 3 is 2.39 bits per heavy atom. The first-order valence-corrected chi connectivity index (χ1v) is 11.6. The predicted molar refractivity (Wildman–Crippen MR) is 119 cm³/mol. The molecular weight excluding hydrogens is 428 g/mol. The van der Waals surface area contributed by atoms with Crippen molar-refractivity contribution in [1.82, 2.24) is 0 Å². The van der Waals surface area contributed by atoms with E-state index in [4.69, 9.17) is 18.9 Å². The molecule has 1 saturated heterocycles.